The first-order valence-corrected chi connectivity index (χ1v) is 11.1. The summed E-state index contributed by atoms with van der Waals surface area (Å²) in [6, 6.07) is 20.9. The molecule has 4 rings (SSSR count). The molecular weight excluding hydrogens is 414 g/mol. The molecular formula is C27H27N3O3. The van der Waals surface area contributed by atoms with E-state index in [-0.39, 0.29) is 5.97 Å². The van der Waals surface area contributed by atoms with Crippen LogP contribution in [0.15, 0.2) is 66.7 Å². The van der Waals surface area contributed by atoms with Crippen molar-refractivity contribution in [3.05, 3.63) is 89.2 Å². The highest BCUT2D eigenvalue weighted by Gasteiger charge is 2.19. The van der Waals surface area contributed by atoms with Crippen LogP contribution in [0.4, 0.5) is 0 Å². The largest absolute Gasteiger partial charge is 0.465 e. The number of benzene rings is 3. The van der Waals surface area contributed by atoms with Crippen LogP contribution in [0.1, 0.15) is 51.9 Å². The van der Waals surface area contributed by atoms with Crippen molar-refractivity contribution >= 4 is 22.9 Å². The fourth-order valence-electron chi connectivity index (χ4n) is 4.13. The molecule has 1 heterocycles. The second-order valence-electron chi connectivity index (χ2n) is 7.99. The molecule has 33 heavy (non-hydrogen) atoms. The number of carbonyl (C=O) groups is 2. The van der Waals surface area contributed by atoms with Gasteiger partial charge in [-0.2, -0.15) is 0 Å². The Labute approximate surface area is 193 Å². The lowest BCUT2D eigenvalue weighted by molar-refractivity contribution is 0.0602. The Morgan fingerprint density at radius 3 is 2.39 bits per heavy atom. The van der Waals surface area contributed by atoms with Crippen LogP contribution in [0.2, 0.25) is 0 Å². The van der Waals surface area contributed by atoms with Gasteiger partial charge in [0.2, 0.25) is 5.91 Å². The zero-order chi connectivity index (χ0) is 23.4. The second kappa shape index (κ2) is 9.69. The molecule has 6 heteroatoms. The first kappa shape index (κ1) is 22.3. The lowest BCUT2D eigenvalue weighted by atomic mass is 9.98. The molecule has 0 aliphatic carbocycles. The number of amides is 1. The number of imidazole rings is 1. The van der Waals surface area contributed by atoms with Gasteiger partial charge in [0.25, 0.3) is 0 Å². The number of ether oxygens (including phenoxy) is 1. The molecule has 0 saturated heterocycles. The smallest absolute Gasteiger partial charge is 0.340 e. The minimum Gasteiger partial charge on any atom is -0.465 e. The number of nitrogens with two attached hydrogens (primary N) is 1. The van der Waals surface area contributed by atoms with Gasteiger partial charge in [0, 0.05) is 18.5 Å². The summed E-state index contributed by atoms with van der Waals surface area (Å²) in [7, 11) is 1.39. The fourth-order valence-corrected chi connectivity index (χ4v) is 4.13. The normalized spacial score (nSPS) is 11.0. The Balaban J connectivity index is 1.74. The molecule has 6 nitrogen and oxygen atoms in total. The number of methoxy groups -OCH3 is 1. The van der Waals surface area contributed by atoms with Crippen molar-refractivity contribution < 1.29 is 14.3 Å². The third kappa shape index (κ3) is 4.51. The summed E-state index contributed by atoms with van der Waals surface area (Å²) in [5, 5.41) is 0. The van der Waals surface area contributed by atoms with Crippen molar-refractivity contribution in [1.82, 2.24) is 9.55 Å². The van der Waals surface area contributed by atoms with E-state index in [2.05, 4.69) is 11.5 Å². The first-order chi connectivity index (χ1) is 16.0. The molecule has 2 N–H and O–H groups in total. The Hall–Kier alpha value is -3.93. The number of rotatable bonds is 8. The van der Waals surface area contributed by atoms with Crippen molar-refractivity contribution in [2.24, 2.45) is 5.73 Å². The van der Waals surface area contributed by atoms with Crippen molar-refractivity contribution in [1.29, 1.82) is 0 Å². The summed E-state index contributed by atoms with van der Waals surface area (Å²) in [6.45, 7) is 2.72. The maximum absolute atomic E-state index is 12.4. The van der Waals surface area contributed by atoms with Crippen LogP contribution in [-0.4, -0.2) is 28.5 Å². The molecule has 0 unspecified atom stereocenters. The highest BCUT2D eigenvalue weighted by molar-refractivity contribution is 6.02. The standard InChI is InChI=1S/C27H27N3O3/c1-3-4-12-24-29-23-11-7-10-22(27(32)33-2)25(23)30(24)17-18-13-15-19(16-14-18)20-8-5-6-9-21(20)26(28)31/h5-11,13-16H,3-4,12,17H2,1-2H3,(H2,28,31). The zero-order valence-corrected chi connectivity index (χ0v) is 18.9. The van der Waals surface area contributed by atoms with Crippen LogP contribution in [0.5, 0.6) is 0 Å². The van der Waals surface area contributed by atoms with Crippen molar-refractivity contribution in [3.63, 3.8) is 0 Å². The first-order valence-electron chi connectivity index (χ1n) is 11.1. The number of hydrogen-bond donors (Lipinski definition) is 1. The number of aromatic nitrogens is 2. The van der Waals surface area contributed by atoms with Gasteiger partial charge in [0.1, 0.15) is 5.82 Å². The molecule has 3 aromatic carbocycles. The van der Waals surface area contributed by atoms with Gasteiger partial charge in [-0.3, -0.25) is 4.79 Å². The van der Waals surface area contributed by atoms with Crippen LogP contribution >= 0.6 is 0 Å². The topological polar surface area (TPSA) is 87.2 Å². The number of fused-ring (bicyclic) bond motifs is 1. The van der Waals surface area contributed by atoms with Gasteiger partial charge in [0.15, 0.2) is 0 Å². The quantitative estimate of drug-likeness (QED) is 0.391. The Kier molecular flexibility index (Phi) is 6.54. The summed E-state index contributed by atoms with van der Waals surface area (Å²) >= 11 is 0. The lowest BCUT2D eigenvalue weighted by Gasteiger charge is -2.12. The van der Waals surface area contributed by atoms with Crippen LogP contribution < -0.4 is 5.73 Å². The highest BCUT2D eigenvalue weighted by atomic mass is 16.5. The number of aryl methyl sites for hydroxylation is 1. The molecule has 0 radical (unpaired) electrons. The van der Waals surface area contributed by atoms with E-state index in [1.54, 1.807) is 18.2 Å². The van der Waals surface area contributed by atoms with Gasteiger partial charge in [-0.15, -0.1) is 0 Å². The Bertz CT molecular complexity index is 1310. The van der Waals surface area contributed by atoms with E-state index in [9.17, 15) is 9.59 Å². The Morgan fingerprint density at radius 2 is 1.70 bits per heavy atom. The predicted molar refractivity (Wildman–Crippen MR) is 129 cm³/mol. The molecule has 0 spiro atoms. The van der Waals surface area contributed by atoms with Gasteiger partial charge in [0.05, 0.1) is 23.7 Å². The fraction of sp³-hybridized carbons (Fsp3) is 0.222. The summed E-state index contributed by atoms with van der Waals surface area (Å²) < 4.78 is 7.13. The van der Waals surface area contributed by atoms with E-state index in [0.29, 0.717) is 17.7 Å². The SMILES string of the molecule is CCCCc1nc2cccc(C(=O)OC)c2n1Cc1ccc(-c2ccccc2C(N)=O)cc1. The number of nitrogens with zero attached hydrogens (tertiary/aromatic N) is 2. The molecule has 0 saturated carbocycles. The summed E-state index contributed by atoms with van der Waals surface area (Å²) in [6.07, 6.45) is 2.90. The van der Waals surface area contributed by atoms with Gasteiger partial charge >= 0.3 is 5.97 Å². The molecule has 0 fully saturated rings. The van der Waals surface area contributed by atoms with Crippen LogP contribution in [0, 0.1) is 0 Å². The minimum atomic E-state index is -0.449. The molecule has 168 valence electrons. The molecule has 0 atom stereocenters. The summed E-state index contributed by atoms with van der Waals surface area (Å²) in [4.78, 5) is 29.1. The molecule has 4 aromatic rings. The minimum absolute atomic E-state index is 0.373. The maximum Gasteiger partial charge on any atom is 0.340 e. The van der Waals surface area contributed by atoms with Gasteiger partial charge in [-0.1, -0.05) is 61.9 Å². The van der Waals surface area contributed by atoms with Gasteiger partial charge < -0.3 is 15.0 Å². The summed E-state index contributed by atoms with van der Waals surface area (Å²) in [5.74, 6) is 0.129. The second-order valence-corrected chi connectivity index (χ2v) is 7.99. The number of primary amides is 1. The number of hydrogen-bond acceptors (Lipinski definition) is 4. The van der Waals surface area contributed by atoms with E-state index in [4.69, 9.17) is 15.5 Å². The van der Waals surface area contributed by atoms with E-state index >= 15 is 0 Å². The van der Waals surface area contributed by atoms with Gasteiger partial charge in [-0.25, -0.2) is 9.78 Å². The molecule has 1 aromatic heterocycles. The zero-order valence-electron chi connectivity index (χ0n) is 18.9. The monoisotopic (exact) mass is 441 g/mol. The average Bonchev–Trinajstić information content (AvgIpc) is 3.19. The number of esters is 1. The van der Waals surface area contributed by atoms with Crippen LogP contribution in [0.25, 0.3) is 22.2 Å². The van der Waals surface area contributed by atoms with Crippen LogP contribution in [0.3, 0.4) is 0 Å². The average molecular weight is 442 g/mol. The number of unbranched alkanes of at least 4 members (excludes halogenated alkanes) is 1. The van der Waals surface area contributed by atoms with E-state index < -0.39 is 5.91 Å². The highest BCUT2D eigenvalue weighted by Crippen LogP contribution is 2.26. The third-order valence-electron chi connectivity index (χ3n) is 5.80. The molecule has 0 aliphatic rings. The van der Waals surface area contributed by atoms with E-state index in [1.165, 1.54) is 7.11 Å². The molecule has 0 aliphatic heterocycles. The van der Waals surface area contributed by atoms with Crippen molar-refractivity contribution in [2.45, 2.75) is 32.7 Å². The van der Waals surface area contributed by atoms with Gasteiger partial charge in [-0.05, 0) is 41.3 Å². The van der Waals surface area contributed by atoms with Crippen molar-refractivity contribution in [2.75, 3.05) is 7.11 Å². The third-order valence-corrected chi connectivity index (χ3v) is 5.80. The summed E-state index contributed by atoms with van der Waals surface area (Å²) in [5.41, 5.74) is 10.9. The van der Waals surface area contributed by atoms with Crippen LogP contribution in [-0.2, 0) is 17.7 Å². The van der Waals surface area contributed by atoms with E-state index in [0.717, 1.165) is 52.8 Å². The molecule has 0 bridgehead atoms. The lowest BCUT2D eigenvalue weighted by Crippen LogP contribution is -2.12. The predicted octanol–water partition coefficient (Wildman–Crippen LogP) is 4.98. The van der Waals surface area contributed by atoms with Crippen molar-refractivity contribution in [3.8, 4) is 11.1 Å². The molecule has 1 amide bonds. The number of para-hydroxylation sites is 1. The Morgan fingerprint density at radius 1 is 0.970 bits per heavy atom. The number of carbonyl (C=O) groups excluding carboxylic acids is 2. The maximum atomic E-state index is 12.4. The van der Waals surface area contributed by atoms with E-state index in [1.807, 2.05) is 48.5 Å².